The number of likely N-dealkylation sites (tertiary alicyclic amines) is 2. The van der Waals surface area contributed by atoms with Crippen molar-refractivity contribution in [3.8, 4) is 0 Å². The quantitative estimate of drug-likeness (QED) is 0.749. The van der Waals surface area contributed by atoms with Crippen LogP contribution < -0.4 is 0 Å². The summed E-state index contributed by atoms with van der Waals surface area (Å²) in [6.45, 7) is 9.77. The van der Waals surface area contributed by atoms with E-state index in [0.29, 0.717) is 18.2 Å². The summed E-state index contributed by atoms with van der Waals surface area (Å²) in [6.07, 6.45) is 8.28. The largest absolute Gasteiger partial charge is 0.343 e. The number of hydrogen-bond acceptors (Lipinski definition) is 2. The molecule has 0 atom stereocenters. The molecule has 3 heteroatoms. The third kappa shape index (κ3) is 5.84. The van der Waals surface area contributed by atoms with E-state index >= 15 is 0 Å². The van der Waals surface area contributed by atoms with Gasteiger partial charge in [0.2, 0.25) is 5.91 Å². The maximum absolute atomic E-state index is 12.2. The summed E-state index contributed by atoms with van der Waals surface area (Å²) in [7, 11) is 0. The molecule has 144 valence electrons. The molecule has 0 radical (unpaired) electrons. The Kier molecular flexibility index (Phi) is 7.13. The summed E-state index contributed by atoms with van der Waals surface area (Å²) in [4.78, 5) is 16.9. The fourth-order valence-corrected chi connectivity index (χ4v) is 4.35. The third-order valence-corrected chi connectivity index (χ3v) is 5.95. The van der Waals surface area contributed by atoms with Gasteiger partial charge in [0.1, 0.15) is 0 Å². The standard InChI is InChI=1S/C23H36N2O/c1-19(2)16-23(26)25-14-10-21(11-15-25)17-20-6-8-22(9-7-20)18-24-12-4-3-5-13-24/h6-9,19,21H,3-5,10-18H2,1-2H3. The average molecular weight is 357 g/mol. The maximum atomic E-state index is 12.2. The third-order valence-electron chi connectivity index (χ3n) is 5.95. The molecule has 3 rings (SSSR count). The van der Waals surface area contributed by atoms with Gasteiger partial charge in [-0.05, 0) is 68.2 Å². The Morgan fingerprint density at radius 3 is 2.19 bits per heavy atom. The van der Waals surface area contributed by atoms with Crippen molar-refractivity contribution >= 4 is 5.91 Å². The molecule has 2 aliphatic heterocycles. The van der Waals surface area contributed by atoms with E-state index in [-0.39, 0.29) is 0 Å². The molecule has 1 amide bonds. The predicted molar refractivity (Wildman–Crippen MR) is 108 cm³/mol. The molecule has 26 heavy (non-hydrogen) atoms. The van der Waals surface area contributed by atoms with Crippen molar-refractivity contribution in [3.63, 3.8) is 0 Å². The zero-order valence-electron chi connectivity index (χ0n) is 16.8. The van der Waals surface area contributed by atoms with Gasteiger partial charge in [0, 0.05) is 26.1 Å². The SMILES string of the molecule is CC(C)CC(=O)N1CCC(Cc2ccc(CN3CCCCC3)cc2)CC1. The van der Waals surface area contributed by atoms with Crippen molar-refractivity contribution < 1.29 is 4.79 Å². The van der Waals surface area contributed by atoms with Crippen molar-refractivity contribution in [2.45, 2.75) is 65.3 Å². The first kappa shape index (κ1) is 19.4. The van der Waals surface area contributed by atoms with Crippen molar-refractivity contribution in [3.05, 3.63) is 35.4 Å². The molecule has 1 aromatic rings. The second-order valence-corrected chi connectivity index (χ2v) is 8.78. The first-order chi connectivity index (χ1) is 12.6. The van der Waals surface area contributed by atoms with Gasteiger partial charge < -0.3 is 4.90 Å². The zero-order chi connectivity index (χ0) is 18.4. The van der Waals surface area contributed by atoms with Crippen LogP contribution in [-0.2, 0) is 17.8 Å². The summed E-state index contributed by atoms with van der Waals surface area (Å²) >= 11 is 0. The van der Waals surface area contributed by atoms with Gasteiger partial charge >= 0.3 is 0 Å². The lowest BCUT2D eigenvalue weighted by Gasteiger charge is -2.32. The minimum Gasteiger partial charge on any atom is -0.343 e. The van der Waals surface area contributed by atoms with Crippen LogP contribution in [0, 0.1) is 11.8 Å². The van der Waals surface area contributed by atoms with Crippen molar-refractivity contribution in [1.82, 2.24) is 9.80 Å². The molecule has 2 saturated heterocycles. The van der Waals surface area contributed by atoms with Crippen LogP contribution in [0.25, 0.3) is 0 Å². The van der Waals surface area contributed by atoms with Gasteiger partial charge in [-0.1, -0.05) is 44.5 Å². The lowest BCUT2D eigenvalue weighted by atomic mass is 9.89. The minimum absolute atomic E-state index is 0.348. The van der Waals surface area contributed by atoms with E-state index in [4.69, 9.17) is 0 Å². The van der Waals surface area contributed by atoms with Gasteiger partial charge in [0.25, 0.3) is 0 Å². The van der Waals surface area contributed by atoms with Gasteiger partial charge in [0.15, 0.2) is 0 Å². The van der Waals surface area contributed by atoms with Crippen LogP contribution in [0.1, 0.15) is 63.5 Å². The molecule has 0 N–H and O–H groups in total. The highest BCUT2D eigenvalue weighted by Crippen LogP contribution is 2.23. The van der Waals surface area contributed by atoms with Crippen LogP contribution >= 0.6 is 0 Å². The van der Waals surface area contributed by atoms with Crippen LogP contribution in [0.5, 0.6) is 0 Å². The lowest BCUT2D eigenvalue weighted by Crippen LogP contribution is -2.39. The van der Waals surface area contributed by atoms with Gasteiger partial charge in [-0.15, -0.1) is 0 Å². The van der Waals surface area contributed by atoms with Crippen LogP contribution in [0.4, 0.5) is 0 Å². The summed E-state index contributed by atoms with van der Waals surface area (Å²) in [5.74, 6) is 1.54. The molecule has 0 saturated carbocycles. The Bertz CT molecular complexity index is 552. The topological polar surface area (TPSA) is 23.6 Å². The molecular formula is C23H36N2O. The number of amides is 1. The van der Waals surface area contributed by atoms with Crippen molar-refractivity contribution in [1.29, 1.82) is 0 Å². The Hall–Kier alpha value is -1.35. The first-order valence-corrected chi connectivity index (χ1v) is 10.7. The smallest absolute Gasteiger partial charge is 0.222 e. The summed E-state index contributed by atoms with van der Waals surface area (Å²) in [5, 5.41) is 0. The molecule has 3 nitrogen and oxygen atoms in total. The van der Waals surface area contributed by atoms with Crippen LogP contribution in [0.15, 0.2) is 24.3 Å². The van der Waals surface area contributed by atoms with Crippen LogP contribution in [0.3, 0.4) is 0 Å². The Labute approximate surface area is 159 Å². The average Bonchev–Trinajstić information content (AvgIpc) is 2.64. The van der Waals surface area contributed by atoms with E-state index in [1.54, 1.807) is 0 Å². The Balaban J connectivity index is 1.42. The number of nitrogens with zero attached hydrogens (tertiary/aromatic N) is 2. The molecule has 0 unspecified atom stereocenters. The maximum Gasteiger partial charge on any atom is 0.222 e. The van der Waals surface area contributed by atoms with E-state index in [0.717, 1.165) is 44.8 Å². The highest BCUT2D eigenvalue weighted by molar-refractivity contribution is 5.76. The molecule has 0 aliphatic carbocycles. The predicted octanol–water partition coefficient (Wildman–Crippen LogP) is 4.50. The molecule has 2 heterocycles. The fourth-order valence-electron chi connectivity index (χ4n) is 4.35. The minimum atomic E-state index is 0.348. The highest BCUT2D eigenvalue weighted by Gasteiger charge is 2.23. The van der Waals surface area contributed by atoms with Gasteiger partial charge in [-0.2, -0.15) is 0 Å². The van der Waals surface area contributed by atoms with E-state index in [9.17, 15) is 4.79 Å². The Morgan fingerprint density at radius 2 is 1.58 bits per heavy atom. The summed E-state index contributed by atoms with van der Waals surface area (Å²) in [6, 6.07) is 9.31. The van der Waals surface area contributed by atoms with E-state index in [2.05, 4.69) is 47.9 Å². The lowest BCUT2D eigenvalue weighted by molar-refractivity contribution is -0.133. The van der Waals surface area contributed by atoms with Crippen molar-refractivity contribution in [2.75, 3.05) is 26.2 Å². The molecule has 2 fully saturated rings. The normalized spacial score (nSPS) is 19.9. The molecule has 0 spiro atoms. The van der Waals surface area contributed by atoms with Gasteiger partial charge in [-0.25, -0.2) is 0 Å². The molecule has 0 aromatic heterocycles. The number of carbonyl (C=O) groups is 1. The fraction of sp³-hybridized carbons (Fsp3) is 0.696. The number of benzene rings is 1. The first-order valence-electron chi connectivity index (χ1n) is 10.7. The molecular weight excluding hydrogens is 320 g/mol. The number of rotatable bonds is 6. The summed E-state index contributed by atoms with van der Waals surface area (Å²) < 4.78 is 0. The Morgan fingerprint density at radius 1 is 0.962 bits per heavy atom. The zero-order valence-corrected chi connectivity index (χ0v) is 16.8. The second-order valence-electron chi connectivity index (χ2n) is 8.78. The summed E-state index contributed by atoms with van der Waals surface area (Å²) in [5.41, 5.74) is 2.91. The van der Waals surface area contributed by atoms with Crippen LogP contribution in [-0.4, -0.2) is 41.9 Å². The molecule has 0 bridgehead atoms. The number of carbonyl (C=O) groups excluding carboxylic acids is 1. The second kappa shape index (κ2) is 9.55. The number of hydrogen-bond donors (Lipinski definition) is 0. The highest BCUT2D eigenvalue weighted by atomic mass is 16.2. The molecule has 2 aliphatic rings. The monoisotopic (exact) mass is 356 g/mol. The van der Waals surface area contributed by atoms with Crippen molar-refractivity contribution in [2.24, 2.45) is 11.8 Å². The van der Waals surface area contributed by atoms with Gasteiger partial charge in [0.05, 0.1) is 0 Å². The van der Waals surface area contributed by atoms with E-state index < -0.39 is 0 Å². The number of piperidine rings is 2. The van der Waals surface area contributed by atoms with Crippen LogP contribution in [0.2, 0.25) is 0 Å². The molecule has 1 aromatic carbocycles. The van der Waals surface area contributed by atoms with Gasteiger partial charge in [-0.3, -0.25) is 9.69 Å². The van der Waals surface area contributed by atoms with E-state index in [1.807, 2.05) is 0 Å². The van der Waals surface area contributed by atoms with E-state index in [1.165, 1.54) is 43.5 Å².